The molecule has 1 atom stereocenters. The van der Waals surface area contributed by atoms with E-state index in [1.165, 1.54) is 15.3 Å². The van der Waals surface area contributed by atoms with Gasteiger partial charge in [-0.15, -0.1) is 11.3 Å². The van der Waals surface area contributed by atoms with Gasteiger partial charge in [0.15, 0.2) is 0 Å². The van der Waals surface area contributed by atoms with Crippen molar-refractivity contribution in [2.24, 2.45) is 5.73 Å². The Morgan fingerprint density at radius 3 is 2.59 bits per heavy atom. The number of piperidine rings is 1. The van der Waals surface area contributed by atoms with Gasteiger partial charge in [0.05, 0.1) is 5.56 Å². The molecule has 3 heterocycles. The Labute approximate surface area is 176 Å². The minimum atomic E-state index is 0.0897. The van der Waals surface area contributed by atoms with Gasteiger partial charge in [-0.05, 0) is 48.1 Å². The third-order valence-electron chi connectivity index (χ3n) is 5.87. The highest BCUT2D eigenvalue weighted by Gasteiger charge is 2.26. The number of rotatable bonds is 5. The number of thiophene rings is 1. The second-order valence-corrected chi connectivity index (χ2v) is 8.91. The van der Waals surface area contributed by atoms with Crippen LogP contribution in [0.3, 0.4) is 0 Å². The molecule has 0 aliphatic carbocycles. The SMILES string of the molecule is CC(c1ccccc1)c1cncc(C(=O)N2CCC(c3ccc(CN)s3)CC2)c1. The summed E-state index contributed by atoms with van der Waals surface area (Å²) in [5.74, 6) is 0.830. The minimum absolute atomic E-state index is 0.0897. The number of hydrogen-bond donors (Lipinski definition) is 1. The van der Waals surface area contributed by atoms with Crippen LogP contribution in [0.25, 0.3) is 0 Å². The Hall–Kier alpha value is -2.50. The monoisotopic (exact) mass is 405 g/mol. The lowest BCUT2D eigenvalue weighted by Gasteiger charge is -2.31. The number of hydrogen-bond acceptors (Lipinski definition) is 4. The first-order valence-corrected chi connectivity index (χ1v) is 11.0. The van der Waals surface area contributed by atoms with Gasteiger partial charge in [0.1, 0.15) is 0 Å². The van der Waals surface area contributed by atoms with Crippen molar-refractivity contribution >= 4 is 17.2 Å². The Bertz CT molecular complexity index is 961. The van der Waals surface area contributed by atoms with Gasteiger partial charge in [0, 0.05) is 47.7 Å². The van der Waals surface area contributed by atoms with Gasteiger partial charge in [-0.25, -0.2) is 0 Å². The zero-order valence-electron chi connectivity index (χ0n) is 16.8. The van der Waals surface area contributed by atoms with E-state index < -0.39 is 0 Å². The zero-order valence-corrected chi connectivity index (χ0v) is 17.6. The van der Waals surface area contributed by atoms with E-state index in [1.54, 1.807) is 6.20 Å². The fourth-order valence-corrected chi connectivity index (χ4v) is 5.08. The summed E-state index contributed by atoms with van der Waals surface area (Å²) in [4.78, 5) is 22.0. The van der Waals surface area contributed by atoms with E-state index in [9.17, 15) is 4.79 Å². The van der Waals surface area contributed by atoms with Gasteiger partial charge in [0.2, 0.25) is 0 Å². The lowest BCUT2D eigenvalue weighted by molar-refractivity contribution is 0.0713. The summed E-state index contributed by atoms with van der Waals surface area (Å²) in [6.07, 6.45) is 5.57. The van der Waals surface area contributed by atoms with Gasteiger partial charge < -0.3 is 10.6 Å². The summed E-state index contributed by atoms with van der Waals surface area (Å²) in [5.41, 5.74) is 8.73. The average Bonchev–Trinajstić information content (AvgIpc) is 3.28. The van der Waals surface area contributed by atoms with E-state index in [2.05, 4.69) is 36.2 Å². The second-order valence-electron chi connectivity index (χ2n) is 7.71. The molecule has 3 aromatic rings. The van der Waals surface area contributed by atoms with Gasteiger partial charge in [-0.1, -0.05) is 37.3 Å². The number of benzene rings is 1. The third-order valence-corrected chi connectivity index (χ3v) is 7.14. The molecule has 4 nitrogen and oxygen atoms in total. The lowest BCUT2D eigenvalue weighted by atomic mass is 9.93. The molecule has 1 unspecified atom stereocenters. The molecule has 0 bridgehead atoms. The van der Waals surface area contributed by atoms with Crippen LogP contribution in [0.4, 0.5) is 0 Å². The molecule has 0 radical (unpaired) electrons. The summed E-state index contributed by atoms with van der Waals surface area (Å²) < 4.78 is 0. The van der Waals surface area contributed by atoms with Gasteiger partial charge in [-0.3, -0.25) is 9.78 Å². The van der Waals surface area contributed by atoms with Crippen LogP contribution in [0.1, 0.15) is 62.8 Å². The number of likely N-dealkylation sites (tertiary alicyclic amines) is 1. The van der Waals surface area contributed by atoms with Crippen LogP contribution >= 0.6 is 11.3 Å². The minimum Gasteiger partial charge on any atom is -0.339 e. The Balaban J connectivity index is 1.42. The van der Waals surface area contributed by atoms with Crippen LogP contribution in [0.2, 0.25) is 0 Å². The van der Waals surface area contributed by atoms with Gasteiger partial charge in [-0.2, -0.15) is 0 Å². The van der Waals surface area contributed by atoms with E-state index in [1.807, 2.05) is 46.7 Å². The first kappa shape index (κ1) is 19.8. The van der Waals surface area contributed by atoms with Crippen LogP contribution in [0.15, 0.2) is 60.9 Å². The fraction of sp³-hybridized carbons (Fsp3) is 0.333. The molecule has 1 fully saturated rings. The zero-order chi connectivity index (χ0) is 20.2. The fourth-order valence-electron chi connectivity index (χ4n) is 4.02. The van der Waals surface area contributed by atoms with E-state index in [4.69, 9.17) is 5.73 Å². The summed E-state index contributed by atoms with van der Waals surface area (Å²) in [6.45, 7) is 4.34. The first-order chi connectivity index (χ1) is 14.2. The predicted octanol–water partition coefficient (Wildman–Crippen LogP) is 4.77. The molecule has 1 aliphatic rings. The highest BCUT2D eigenvalue weighted by Crippen LogP contribution is 2.33. The maximum Gasteiger partial charge on any atom is 0.255 e. The third kappa shape index (κ3) is 4.41. The summed E-state index contributed by atoms with van der Waals surface area (Å²) >= 11 is 1.81. The highest BCUT2D eigenvalue weighted by atomic mass is 32.1. The van der Waals surface area contributed by atoms with Crippen LogP contribution in [-0.4, -0.2) is 28.9 Å². The van der Waals surface area contributed by atoms with Crippen molar-refractivity contribution in [1.29, 1.82) is 0 Å². The van der Waals surface area contributed by atoms with E-state index in [-0.39, 0.29) is 11.8 Å². The Morgan fingerprint density at radius 2 is 1.90 bits per heavy atom. The average molecular weight is 406 g/mol. The van der Waals surface area contributed by atoms with Crippen molar-refractivity contribution in [2.45, 2.75) is 38.1 Å². The maximum atomic E-state index is 13.1. The Kier molecular flexibility index (Phi) is 6.07. The molecule has 150 valence electrons. The summed E-state index contributed by atoms with van der Waals surface area (Å²) in [5, 5.41) is 0. The van der Waals surface area contributed by atoms with Crippen LogP contribution in [0, 0.1) is 0 Å². The van der Waals surface area contributed by atoms with Crippen LogP contribution in [-0.2, 0) is 6.54 Å². The molecule has 0 spiro atoms. The summed E-state index contributed by atoms with van der Waals surface area (Å²) in [6, 6.07) is 16.7. The molecule has 1 amide bonds. The number of nitrogens with two attached hydrogens (primary N) is 1. The van der Waals surface area contributed by atoms with Crippen molar-refractivity contribution in [3.63, 3.8) is 0 Å². The van der Waals surface area contributed by atoms with Crippen molar-refractivity contribution in [1.82, 2.24) is 9.88 Å². The van der Waals surface area contributed by atoms with Crippen LogP contribution < -0.4 is 5.73 Å². The van der Waals surface area contributed by atoms with Crippen molar-refractivity contribution < 1.29 is 4.79 Å². The maximum absolute atomic E-state index is 13.1. The van der Waals surface area contributed by atoms with Gasteiger partial charge in [0.25, 0.3) is 5.91 Å². The number of carbonyl (C=O) groups excluding carboxylic acids is 1. The first-order valence-electron chi connectivity index (χ1n) is 10.2. The smallest absolute Gasteiger partial charge is 0.255 e. The molecule has 1 aliphatic heterocycles. The molecule has 0 saturated carbocycles. The molecule has 2 aromatic heterocycles. The van der Waals surface area contributed by atoms with E-state index in [0.717, 1.165) is 31.5 Å². The standard InChI is InChI=1S/C24H27N3OS/c1-17(18-5-3-2-4-6-18)20-13-21(16-26-15-20)24(28)27-11-9-19(10-12-27)23-8-7-22(14-25)29-23/h2-8,13,15-17,19H,9-12,14,25H2,1H3. The lowest BCUT2D eigenvalue weighted by Crippen LogP contribution is -2.37. The van der Waals surface area contributed by atoms with Crippen LogP contribution in [0.5, 0.6) is 0 Å². The highest BCUT2D eigenvalue weighted by molar-refractivity contribution is 7.12. The second kappa shape index (κ2) is 8.89. The largest absolute Gasteiger partial charge is 0.339 e. The number of nitrogens with zero attached hydrogens (tertiary/aromatic N) is 2. The van der Waals surface area contributed by atoms with E-state index in [0.29, 0.717) is 18.0 Å². The summed E-state index contributed by atoms with van der Waals surface area (Å²) in [7, 11) is 0. The Morgan fingerprint density at radius 1 is 1.14 bits per heavy atom. The number of amides is 1. The molecule has 5 heteroatoms. The normalized spacial score (nSPS) is 16.0. The topological polar surface area (TPSA) is 59.2 Å². The molecule has 29 heavy (non-hydrogen) atoms. The molecule has 1 saturated heterocycles. The van der Waals surface area contributed by atoms with E-state index >= 15 is 0 Å². The number of aromatic nitrogens is 1. The molecule has 2 N–H and O–H groups in total. The van der Waals surface area contributed by atoms with Crippen molar-refractivity contribution in [3.05, 3.63) is 87.4 Å². The molecule has 1 aromatic carbocycles. The van der Waals surface area contributed by atoms with Crippen molar-refractivity contribution in [3.8, 4) is 0 Å². The van der Waals surface area contributed by atoms with Crippen molar-refractivity contribution in [2.75, 3.05) is 13.1 Å². The molecular formula is C24H27N3OS. The number of carbonyl (C=O) groups is 1. The molecule has 4 rings (SSSR count). The predicted molar refractivity (Wildman–Crippen MR) is 118 cm³/mol. The molecular weight excluding hydrogens is 378 g/mol. The quantitative estimate of drug-likeness (QED) is 0.665. The van der Waals surface area contributed by atoms with Gasteiger partial charge >= 0.3 is 0 Å². The number of pyridine rings is 1.